The van der Waals surface area contributed by atoms with Gasteiger partial charge in [-0.3, -0.25) is 0 Å². The van der Waals surface area contributed by atoms with Gasteiger partial charge in [-0.05, 0) is 31.7 Å². The summed E-state index contributed by atoms with van der Waals surface area (Å²) in [4.78, 5) is 0. The largest absolute Gasteiger partial charge is 0.372 e. The molecule has 0 aromatic heterocycles. The second-order valence-corrected chi connectivity index (χ2v) is 4.43. The van der Waals surface area contributed by atoms with Crippen molar-refractivity contribution >= 4 is 0 Å². The van der Waals surface area contributed by atoms with E-state index in [1.54, 1.807) is 0 Å². The van der Waals surface area contributed by atoms with Crippen molar-refractivity contribution < 1.29 is 4.74 Å². The molecule has 0 radical (unpaired) electrons. The first-order valence-electron chi connectivity index (χ1n) is 5.68. The molecular weight excluding hydrogens is 186 g/mol. The lowest BCUT2D eigenvalue weighted by atomic mass is 10.1. The lowest BCUT2D eigenvalue weighted by Gasteiger charge is -2.16. The second-order valence-electron chi connectivity index (χ2n) is 4.43. The predicted octanol–water partition coefficient (Wildman–Crippen LogP) is 2.39. The zero-order valence-corrected chi connectivity index (χ0v) is 9.28. The summed E-state index contributed by atoms with van der Waals surface area (Å²) in [6.07, 6.45) is 3.71. The topological polar surface area (TPSA) is 35.2 Å². The van der Waals surface area contributed by atoms with E-state index in [1.807, 2.05) is 0 Å². The highest BCUT2D eigenvalue weighted by Gasteiger charge is 2.24. The van der Waals surface area contributed by atoms with E-state index in [0.29, 0.717) is 6.61 Å². The van der Waals surface area contributed by atoms with Gasteiger partial charge in [-0.25, -0.2) is 0 Å². The number of ether oxygens (including phenoxy) is 1. The van der Waals surface area contributed by atoms with Crippen LogP contribution in [0, 0.1) is 6.92 Å². The summed E-state index contributed by atoms with van der Waals surface area (Å²) < 4.78 is 5.82. The number of aryl methyl sites for hydroxylation is 1. The van der Waals surface area contributed by atoms with Crippen LogP contribution in [0.25, 0.3) is 0 Å². The molecule has 0 saturated heterocycles. The smallest absolute Gasteiger partial charge is 0.0730 e. The molecular formula is C13H19NO. The monoisotopic (exact) mass is 205 g/mol. The molecule has 2 unspecified atom stereocenters. The fourth-order valence-electron chi connectivity index (χ4n) is 2.05. The van der Waals surface area contributed by atoms with Crippen molar-refractivity contribution in [2.45, 2.75) is 44.9 Å². The van der Waals surface area contributed by atoms with E-state index in [4.69, 9.17) is 10.5 Å². The van der Waals surface area contributed by atoms with Gasteiger partial charge in [0.15, 0.2) is 0 Å². The molecule has 1 aromatic rings. The van der Waals surface area contributed by atoms with Gasteiger partial charge in [-0.15, -0.1) is 0 Å². The molecule has 0 amide bonds. The Labute approximate surface area is 91.4 Å². The van der Waals surface area contributed by atoms with Gasteiger partial charge in [0, 0.05) is 6.04 Å². The van der Waals surface area contributed by atoms with Crippen LogP contribution in [0.4, 0.5) is 0 Å². The number of benzene rings is 1. The molecule has 0 bridgehead atoms. The van der Waals surface area contributed by atoms with Crippen LogP contribution in [0.15, 0.2) is 24.3 Å². The minimum absolute atomic E-state index is 0.246. The third-order valence-electron chi connectivity index (χ3n) is 3.09. The zero-order valence-electron chi connectivity index (χ0n) is 9.28. The molecule has 2 heteroatoms. The summed E-state index contributed by atoms with van der Waals surface area (Å²) in [6, 6.07) is 8.72. The second kappa shape index (κ2) is 4.77. The van der Waals surface area contributed by atoms with Crippen molar-refractivity contribution in [1.82, 2.24) is 0 Å². The Kier molecular flexibility index (Phi) is 3.39. The number of nitrogens with two attached hydrogens (primary N) is 1. The van der Waals surface area contributed by atoms with Crippen LogP contribution in [0.2, 0.25) is 0 Å². The minimum atomic E-state index is 0.246. The number of hydrogen-bond acceptors (Lipinski definition) is 2. The Hall–Kier alpha value is -0.860. The Bertz CT molecular complexity index is 307. The molecule has 1 aliphatic rings. The van der Waals surface area contributed by atoms with E-state index >= 15 is 0 Å². The number of rotatable bonds is 3. The van der Waals surface area contributed by atoms with Gasteiger partial charge in [0.1, 0.15) is 0 Å². The molecule has 2 N–H and O–H groups in total. The van der Waals surface area contributed by atoms with Crippen molar-refractivity contribution in [2.75, 3.05) is 0 Å². The Morgan fingerprint density at radius 3 is 2.60 bits per heavy atom. The molecule has 15 heavy (non-hydrogen) atoms. The molecule has 1 aromatic carbocycles. The number of hydrogen-bond donors (Lipinski definition) is 1. The van der Waals surface area contributed by atoms with Crippen LogP contribution in [0.3, 0.4) is 0 Å². The summed E-state index contributed by atoms with van der Waals surface area (Å²) in [7, 11) is 0. The van der Waals surface area contributed by atoms with E-state index in [2.05, 4.69) is 31.2 Å². The summed E-state index contributed by atoms with van der Waals surface area (Å²) in [6.45, 7) is 2.79. The molecule has 2 atom stereocenters. The standard InChI is InChI=1S/C13H19NO/c1-10-5-7-11(8-6-10)9-15-13-4-2-3-12(13)14/h5-8,12-13H,2-4,9,14H2,1H3. The average Bonchev–Trinajstić information content (AvgIpc) is 2.63. The highest BCUT2D eigenvalue weighted by atomic mass is 16.5. The van der Waals surface area contributed by atoms with Gasteiger partial charge >= 0.3 is 0 Å². The van der Waals surface area contributed by atoms with Gasteiger partial charge in [0.05, 0.1) is 12.7 Å². The van der Waals surface area contributed by atoms with Crippen molar-refractivity contribution in [1.29, 1.82) is 0 Å². The maximum absolute atomic E-state index is 5.94. The lowest BCUT2D eigenvalue weighted by molar-refractivity contribution is 0.0357. The Morgan fingerprint density at radius 1 is 1.27 bits per heavy atom. The maximum Gasteiger partial charge on any atom is 0.0730 e. The Morgan fingerprint density at radius 2 is 2.00 bits per heavy atom. The highest BCUT2D eigenvalue weighted by Crippen LogP contribution is 2.21. The van der Waals surface area contributed by atoms with E-state index in [-0.39, 0.29) is 12.1 Å². The average molecular weight is 205 g/mol. The first-order valence-corrected chi connectivity index (χ1v) is 5.68. The van der Waals surface area contributed by atoms with Crippen LogP contribution < -0.4 is 5.73 Å². The van der Waals surface area contributed by atoms with Crippen molar-refractivity contribution in [3.8, 4) is 0 Å². The molecule has 2 rings (SSSR count). The molecule has 1 aliphatic carbocycles. The van der Waals surface area contributed by atoms with Crippen LogP contribution >= 0.6 is 0 Å². The van der Waals surface area contributed by atoms with Crippen LogP contribution in [0.5, 0.6) is 0 Å². The van der Waals surface area contributed by atoms with Gasteiger partial charge in [0.25, 0.3) is 0 Å². The first kappa shape index (κ1) is 10.7. The molecule has 1 fully saturated rings. The third kappa shape index (κ3) is 2.80. The summed E-state index contributed by atoms with van der Waals surface area (Å²) in [5, 5.41) is 0. The van der Waals surface area contributed by atoms with Gasteiger partial charge in [-0.1, -0.05) is 29.8 Å². The van der Waals surface area contributed by atoms with Gasteiger partial charge in [-0.2, -0.15) is 0 Å². The first-order chi connectivity index (χ1) is 7.25. The van der Waals surface area contributed by atoms with Crippen molar-refractivity contribution in [3.05, 3.63) is 35.4 Å². The summed E-state index contributed by atoms with van der Waals surface area (Å²) >= 11 is 0. The normalized spacial score (nSPS) is 25.7. The zero-order chi connectivity index (χ0) is 10.7. The van der Waals surface area contributed by atoms with Crippen molar-refractivity contribution in [3.63, 3.8) is 0 Å². The third-order valence-corrected chi connectivity index (χ3v) is 3.09. The van der Waals surface area contributed by atoms with Crippen LogP contribution in [0.1, 0.15) is 30.4 Å². The van der Waals surface area contributed by atoms with Crippen LogP contribution in [-0.2, 0) is 11.3 Å². The van der Waals surface area contributed by atoms with E-state index < -0.39 is 0 Å². The summed E-state index contributed by atoms with van der Waals surface area (Å²) in [5.41, 5.74) is 8.47. The molecule has 2 nitrogen and oxygen atoms in total. The van der Waals surface area contributed by atoms with Gasteiger partial charge in [0.2, 0.25) is 0 Å². The SMILES string of the molecule is Cc1ccc(COC2CCCC2N)cc1. The predicted molar refractivity (Wildman–Crippen MR) is 61.6 cm³/mol. The maximum atomic E-state index is 5.94. The minimum Gasteiger partial charge on any atom is -0.372 e. The quantitative estimate of drug-likeness (QED) is 0.822. The van der Waals surface area contributed by atoms with E-state index in [1.165, 1.54) is 17.5 Å². The molecule has 0 heterocycles. The van der Waals surface area contributed by atoms with Crippen LogP contribution in [-0.4, -0.2) is 12.1 Å². The molecule has 82 valence electrons. The van der Waals surface area contributed by atoms with E-state index in [9.17, 15) is 0 Å². The fourth-order valence-corrected chi connectivity index (χ4v) is 2.05. The molecule has 1 saturated carbocycles. The van der Waals surface area contributed by atoms with E-state index in [0.717, 1.165) is 12.8 Å². The fraction of sp³-hybridized carbons (Fsp3) is 0.538. The molecule has 0 aliphatic heterocycles. The highest BCUT2D eigenvalue weighted by molar-refractivity contribution is 5.20. The molecule has 0 spiro atoms. The Balaban J connectivity index is 1.85. The van der Waals surface area contributed by atoms with Gasteiger partial charge < -0.3 is 10.5 Å². The lowest BCUT2D eigenvalue weighted by Crippen LogP contribution is -2.31. The van der Waals surface area contributed by atoms with Crippen molar-refractivity contribution in [2.24, 2.45) is 5.73 Å². The summed E-state index contributed by atoms with van der Waals surface area (Å²) in [5.74, 6) is 0.